The summed E-state index contributed by atoms with van der Waals surface area (Å²) in [6.07, 6.45) is 6.89. The lowest BCUT2D eigenvalue weighted by Crippen LogP contribution is -2.57. The molecule has 3 fully saturated rings. The smallest absolute Gasteiger partial charge is 0.263 e. The van der Waals surface area contributed by atoms with Gasteiger partial charge < -0.3 is 35.8 Å². The third-order valence-electron chi connectivity index (χ3n) is 13.9. The maximum absolute atomic E-state index is 14.1. The number of carbonyl (C=O) groups excluding carboxylic acids is 5. The molecular weight excluding hydrogens is 955 g/mol. The molecule has 2 saturated heterocycles. The molecule has 1 aliphatic carbocycles. The molecule has 4 N–H and O–H groups in total. The van der Waals surface area contributed by atoms with Crippen LogP contribution in [0.15, 0.2) is 59.1 Å². The molecule has 1 unspecified atom stereocenters. The van der Waals surface area contributed by atoms with Gasteiger partial charge in [-0.05, 0) is 67.9 Å². The van der Waals surface area contributed by atoms with Gasteiger partial charge in [0.05, 0.1) is 39.6 Å². The molecule has 6 heterocycles. The van der Waals surface area contributed by atoms with E-state index in [0.29, 0.717) is 72.5 Å². The Morgan fingerprint density at radius 2 is 1.64 bits per heavy atom. The van der Waals surface area contributed by atoms with E-state index in [4.69, 9.17) is 4.98 Å². The summed E-state index contributed by atoms with van der Waals surface area (Å²) in [5.41, 5.74) is 5.94. The van der Waals surface area contributed by atoms with Crippen LogP contribution in [0.25, 0.3) is 21.5 Å². The molecule has 0 spiro atoms. The van der Waals surface area contributed by atoms with Gasteiger partial charge in [0.25, 0.3) is 5.56 Å². The van der Waals surface area contributed by atoms with E-state index in [-0.39, 0.29) is 66.6 Å². The second-order valence-electron chi connectivity index (χ2n) is 20.1. The van der Waals surface area contributed by atoms with Crippen LogP contribution in [-0.4, -0.2) is 131 Å². The Labute approximate surface area is 427 Å². The number of hydrogen-bond donors (Lipinski definition) is 4. The minimum absolute atomic E-state index is 0.00721. The average Bonchev–Trinajstić information content (AvgIpc) is 4.14. The van der Waals surface area contributed by atoms with Crippen LogP contribution in [-0.2, 0) is 25.7 Å². The van der Waals surface area contributed by atoms with Gasteiger partial charge in [-0.3, -0.25) is 33.3 Å². The maximum atomic E-state index is 14.1. The number of pyridine rings is 2. The zero-order chi connectivity index (χ0) is 51.3. The number of piperazine rings is 1. The van der Waals surface area contributed by atoms with Crippen molar-refractivity contribution < 1.29 is 29.1 Å². The van der Waals surface area contributed by atoms with Crippen molar-refractivity contribution in [3.05, 3.63) is 87.0 Å². The van der Waals surface area contributed by atoms with Crippen LogP contribution in [0.1, 0.15) is 106 Å². The molecule has 20 heteroatoms. The zero-order valence-corrected chi connectivity index (χ0v) is 43.5. The van der Waals surface area contributed by atoms with Crippen molar-refractivity contribution in [1.29, 1.82) is 0 Å². The number of thiazole rings is 1. The van der Waals surface area contributed by atoms with Gasteiger partial charge in [-0.15, -0.1) is 11.3 Å². The van der Waals surface area contributed by atoms with Crippen molar-refractivity contribution in [1.82, 2.24) is 44.9 Å². The molecule has 1 aromatic carbocycles. The van der Waals surface area contributed by atoms with E-state index >= 15 is 0 Å². The minimum Gasteiger partial charge on any atom is -0.391 e. The van der Waals surface area contributed by atoms with Crippen LogP contribution >= 0.6 is 23.1 Å². The van der Waals surface area contributed by atoms with E-state index in [0.717, 1.165) is 53.1 Å². The second-order valence-corrected chi connectivity index (χ2v) is 22.1. The molecule has 0 radical (unpaired) electrons. The van der Waals surface area contributed by atoms with E-state index in [1.807, 2.05) is 74.5 Å². The number of carbonyl (C=O) groups is 5. The monoisotopic (exact) mass is 1020 g/mol. The van der Waals surface area contributed by atoms with Gasteiger partial charge in [-0.1, -0.05) is 57.9 Å². The Bertz CT molecular complexity index is 2850. The largest absolute Gasteiger partial charge is 0.391 e. The highest BCUT2D eigenvalue weighted by Crippen LogP contribution is 2.33. The fourth-order valence-electron chi connectivity index (χ4n) is 9.88. The number of aromatic nitrogens is 5. The molecule has 8 rings (SSSR count). The van der Waals surface area contributed by atoms with Gasteiger partial charge in [0, 0.05) is 87.7 Å². The lowest BCUT2D eigenvalue weighted by Gasteiger charge is -2.36. The number of ketones is 1. The summed E-state index contributed by atoms with van der Waals surface area (Å²) in [6.45, 7) is 13.4. The first kappa shape index (κ1) is 52.1. The van der Waals surface area contributed by atoms with E-state index in [1.54, 1.807) is 35.2 Å². The van der Waals surface area contributed by atoms with Crippen LogP contribution in [0.3, 0.4) is 0 Å². The summed E-state index contributed by atoms with van der Waals surface area (Å²) in [5.74, 6) is 0.546. The fraction of sp³-hybridized carbons (Fsp3) is 0.500. The third-order valence-corrected chi connectivity index (χ3v) is 15.8. The normalized spacial score (nSPS) is 17.8. The molecule has 3 atom stereocenters. The van der Waals surface area contributed by atoms with E-state index in [2.05, 4.69) is 35.8 Å². The summed E-state index contributed by atoms with van der Waals surface area (Å²) >= 11 is 3.08. The molecule has 4 amide bonds. The topological polar surface area (TPSA) is 225 Å². The van der Waals surface area contributed by atoms with Crippen molar-refractivity contribution >= 4 is 81.0 Å². The van der Waals surface area contributed by atoms with Gasteiger partial charge >= 0.3 is 0 Å². The highest BCUT2D eigenvalue weighted by molar-refractivity contribution is 7.99. The van der Waals surface area contributed by atoms with Crippen molar-refractivity contribution in [3.8, 4) is 10.4 Å². The van der Waals surface area contributed by atoms with Gasteiger partial charge in [-0.2, -0.15) is 16.7 Å². The summed E-state index contributed by atoms with van der Waals surface area (Å²) in [4.78, 5) is 105. The number of benzene rings is 1. The number of anilines is 3. The first-order valence-corrected chi connectivity index (χ1v) is 26.8. The number of Topliss-reactive ketones (excluding diaryl/α,β-unsaturated/α-hetero) is 1. The molecule has 1 saturated carbocycles. The molecule has 5 aromatic rings. The SMILES string of the molecule is CC(=O)c1c(C)c2cnc(Nc3ccc(N4CCN(C(=O)CCSCCC(=O)NC(C(=O)N5C[C@H](O)C[C@H]5C(=O)NCc5ccc(-c6scnc6C)cc5)C(C)(C)C)CC4)cn3)nc2n(C2CCCC2)c1=O. The van der Waals surface area contributed by atoms with Gasteiger partial charge in [0.1, 0.15) is 23.5 Å². The predicted molar refractivity (Wildman–Crippen MR) is 281 cm³/mol. The van der Waals surface area contributed by atoms with E-state index < -0.39 is 29.5 Å². The number of nitrogens with zero attached hydrogens (tertiary/aromatic N) is 8. The first-order chi connectivity index (χ1) is 34.5. The Hall–Kier alpha value is -6.25. The summed E-state index contributed by atoms with van der Waals surface area (Å²) in [7, 11) is 0. The molecule has 18 nitrogen and oxygen atoms in total. The molecule has 0 bridgehead atoms. The lowest BCUT2D eigenvalue weighted by atomic mass is 9.85. The number of hydrogen-bond acceptors (Lipinski definition) is 15. The van der Waals surface area contributed by atoms with Crippen molar-refractivity contribution in [2.45, 2.75) is 117 Å². The third kappa shape index (κ3) is 12.0. The number of nitrogens with one attached hydrogen (secondary N) is 3. The number of fused-ring (bicyclic) bond motifs is 1. The molecule has 2 aliphatic heterocycles. The number of rotatable bonds is 17. The fourth-order valence-corrected chi connectivity index (χ4v) is 11.5. The minimum atomic E-state index is -0.924. The van der Waals surface area contributed by atoms with Crippen LogP contribution < -0.4 is 26.4 Å². The average molecular weight is 1020 g/mol. The number of amides is 4. The van der Waals surface area contributed by atoms with E-state index in [9.17, 15) is 33.9 Å². The van der Waals surface area contributed by atoms with Crippen molar-refractivity contribution in [2.24, 2.45) is 5.41 Å². The van der Waals surface area contributed by atoms with Crippen molar-refractivity contribution in [2.75, 3.05) is 54.4 Å². The summed E-state index contributed by atoms with van der Waals surface area (Å²) < 4.78 is 1.69. The Kier molecular flexibility index (Phi) is 16.4. The van der Waals surface area contributed by atoms with E-state index in [1.165, 1.54) is 23.6 Å². The zero-order valence-electron chi connectivity index (χ0n) is 41.9. The summed E-state index contributed by atoms with van der Waals surface area (Å²) in [6, 6.07) is 9.86. The highest BCUT2D eigenvalue weighted by atomic mass is 32.2. The number of thioether (sulfide) groups is 1. The van der Waals surface area contributed by atoms with Crippen LogP contribution in [0.5, 0.6) is 0 Å². The van der Waals surface area contributed by atoms with Gasteiger partial charge in [0.2, 0.25) is 29.6 Å². The standard InChI is InChI=1S/C52H65N11O7S2/c1-31-39-28-55-51(59-47(39)63(36-9-7-8-10-36)49(69)44(31)33(3)64)57-41-16-15-37(27-53-41)60-19-21-61(22-20-60)43(67)18-24-71-23-17-42(66)58-46(52(4,5)6)50(70)62-29-38(65)25-40(62)48(68)54-26-34-11-13-35(14-12-34)45-32(2)56-30-72-45/h11-16,27-28,30,36,38,40,46,65H,7-10,17-26,29H2,1-6H3,(H,54,68)(H,58,66)(H,53,55,57,59)/t38-,40+,46?/m1/s1. The molecule has 3 aliphatic rings. The Morgan fingerprint density at radius 1 is 0.917 bits per heavy atom. The highest BCUT2D eigenvalue weighted by Gasteiger charge is 2.44. The Balaban J connectivity index is 0.761. The maximum Gasteiger partial charge on any atom is 0.263 e. The number of likely N-dealkylation sites (tertiary alicyclic amines) is 1. The quantitative estimate of drug-likeness (QED) is 0.0624. The molecular formula is C52H65N11O7S2. The Morgan fingerprint density at radius 3 is 2.29 bits per heavy atom. The second kappa shape index (κ2) is 22.7. The van der Waals surface area contributed by atoms with Gasteiger partial charge in [-0.25, -0.2) is 15.0 Å². The van der Waals surface area contributed by atoms with Crippen LogP contribution in [0.4, 0.5) is 17.5 Å². The van der Waals surface area contributed by atoms with Crippen LogP contribution in [0, 0.1) is 19.3 Å². The lowest BCUT2D eigenvalue weighted by molar-refractivity contribution is -0.144. The van der Waals surface area contributed by atoms with Crippen LogP contribution in [0.2, 0.25) is 0 Å². The predicted octanol–water partition coefficient (Wildman–Crippen LogP) is 5.96. The number of aliphatic hydroxyl groups excluding tert-OH is 1. The molecule has 4 aromatic heterocycles. The molecule has 72 heavy (non-hydrogen) atoms. The summed E-state index contributed by atoms with van der Waals surface area (Å²) in [5, 5.41) is 20.3. The van der Waals surface area contributed by atoms with Gasteiger partial charge in [0.15, 0.2) is 5.78 Å². The number of aliphatic hydroxyl groups is 1. The van der Waals surface area contributed by atoms with Crippen molar-refractivity contribution in [3.63, 3.8) is 0 Å². The number of β-amino-alcohol motifs (C(OH)–C–C–N with tert-alkyl or cyclic N) is 1. The molecule has 382 valence electrons. The first-order valence-electron chi connectivity index (χ1n) is 24.8. The number of aryl methyl sites for hydroxylation is 2.